The molecule has 0 bridgehead atoms. The Hall–Kier alpha value is -2.38. The molecule has 1 saturated heterocycles. The van der Waals surface area contributed by atoms with Gasteiger partial charge in [-0.1, -0.05) is 6.92 Å². The van der Waals surface area contributed by atoms with E-state index in [0.717, 1.165) is 43.6 Å². The molecule has 0 spiro atoms. The van der Waals surface area contributed by atoms with Crippen LogP contribution < -0.4 is 5.32 Å². The van der Waals surface area contributed by atoms with Crippen molar-refractivity contribution in [1.82, 2.24) is 24.9 Å². The number of aryl methyl sites for hydroxylation is 1. The second-order valence-electron chi connectivity index (χ2n) is 7.84. The van der Waals surface area contributed by atoms with Gasteiger partial charge in [-0.2, -0.15) is 5.10 Å². The predicted molar refractivity (Wildman–Crippen MR) is 105 cm³/mol. The van der Waals surface area contributed by atoms with Gasteiger partial charge in [0.05, 0.1) is 0 Å². The van der Waals surface area contributed by atoms with Gasteiger partial charge in [0.1, 0.15) is 0 Å². The third-order valence-electron chi connectivity index (χ3n) is 5.78. The molecule has 0 radical (unpaired) electrons. The lowest BCUT2D eigenvalue weighted by atomic mass is 10.0. The van der Waals surface area contributed by atoms with E-state index in [1.165, 1.54) is 0 Å². The highest BCUT2D eigenvalue weighted by Crippen LogP contribution is 2.25. The Kier molecular flexibility index (Phi) is 6.36. The van der Waals surface area contributed by atoms with Crippen molar-refractivity contribution in [2.75, 3.05) is 19.6 Å². The van der Waals surface area contributed by atoms with E-state index in [9.17, 15) is 14.4 Å². The Morgan fingerprint density at radius 3 is 2.50 bits per heavy atom. The molecule has 1 atom stereocenters. The molecule has 0 saturated carbocycles. The molecule has 8 heteroatoms. The Bertz CT molecular complexity index is 751. The van der Waals surface area contributed by atoms with E-state index in [1.807, 2.05) is 25.8 Å². The van der Waals surface area contributed by atoms with Crippen molar-refractivity contribution in [2.24, 2.45) is 7.05 Å². The average Bonchev–Trinajstić information content (AvgIpc) is 3.33. The molecule has 3 rings (SSSR count). The molecule has 1 aromatic heterocycles. The van der Waals surface area contributed by atoms with Gasteiger partial charge in [-0.25, -0.2) is 0 Å². The van der Waals surface area contributed by atoms with Gasteiger partial charge >= 0.3 is 0 Å². The van der Waals surface area contributed by atoms with Crippen LogP contribution in [0.25, 0.3) is 0 Å². The first-order valence-electron chi connectivity index (χ1n) is 10.3. The summed E-state index contributed by atoms with van der Waals surface area (Å²) in [5.74, 6) is -0.170. The highest BCUT2D eigenvalue weighted by Gasteiger charge is 2.31. The second kappa shape index (κ2) is 8.75. The van der Waals surface area contributed by atoms with Crippen LogP contribution in [0.3, 0.4) is 0 Å². The van der Waals surface area contributed by atoms with Gasteiger partial charge in [-0.05, 0) is 26.2 Å². The maximum atomic E-state index is 12.8. The zero-order valence-corrected chi connectivity index (χ0v) is 17.2. The number of hydrogen-bond donors (Lipinski definition) is 1. The standard InChI is InChI=1S/C20H31N5O3/c1-4-14(2)21-17(26)7-8-18(27)25-12-9-16-15(13-25)19(22-23(16)3)20(28)24-10-5-6-11-24/h14H,4-13H2,1-3H3,(H,21,26)/t14-/m0/s1. The molecular formula is C20H31N5O3. The van der Waals surface area contributed by atoms with Gasteiger partial charge in [-0.15, -0.1) is 0 Å². The second-order valence-corrected chi connectivity index (χ2v) is 7.84. The highest BCUT2D eigenvalue weighted by atomic mass is 16.2. The quantitative estimate of drug-likeness (QED) is 0.793. The van der Waals surface area contributed by atoms with E-state index >= 15 is 0 Å². The molecule has 2 aliphatic heterocycles. The number of fused-ring (bicyclic) bond motifs is 1. The number of carbonyl (C=O) groups is 3. The smallest absolute Gasteiger partial charge is 0.274 e. The van der Waals surface area contributed by atoms with Crippen molar-refractivity contribution in [1.29, 1.82) is 0 Å². The minimum absolute atomic E-state index is 0.0309. The molecule has 0 unspecified atom stereocenters. The summed E-state index contributed by atoms with van der Waals surface area (Å²) in [6, 6.07) is 0.120. The van der Waals surface area contributed by atoms with Gasteiger partial charge in [-0.3, -0.25) is 19.1 Å². The summed E-state index contributed by atoms with van der Waals surface area (Å²) in [4.78, 5) is 41.0. The van der Waals surface area contributed by atoms with E-state index in [2.05, 4.69) is 10.4 Å². The van der Waals surface area contributed by atoms with Gasteiger partial charge in [0, 0.05) is 69.8 Å². The Morgan fingerprint density at radius 1 is 1.11 bits per heavy atom. The van der Waals surface area contributed by atoms with Crippen LogP contribution in [0.15, 0.2) is 0 Å². The van der Waals surface area contributed by atoms with Crippen LogP contribution in [0.5, 0.6) is 0 Å². The molecule has 3 heterocycles. The van der Waals surface area contributed by atoms with Crippen molar-refractivity contribution < 1.29 is 14.4 Å². The highest BCUT2D eigenvalue weighted by molar-refractivity contribution is 5.94. The number of likely N-dealkylation sites (tertiary alicyclic amines) is 1. The molecule has 28 heavy (non-hydrogen) atoms. The van der Waals surface area contributed by atoms with Gasteiger partial charge in [0.15, 0.2) is 5.69 Å². The summed E-state index contributed by atoms with van der Waals surface area (Å²) >= 11 is 0. The molecule has 154 valence electrons. The largest absolute Gasteiger partial charge is 0.354 e. The fourth-order valence-electron chi connectivity index (χ4n) is 3.87. The normalized spacial score (nSPS) is 17.4. The van der Waals surface area contributed by atoms with E-state index in [1.54, 1.807) is 9.58 Å². The molecule has 1 fully saturated rings. The van der Waals surface area contributed by atoms with Crippen LogP contribution in [0.4, 0.5) is 0 Å². The average molecular weight is 390 g/mol. The summed E-state index contributed by atoms with van der Waals surface area (Å²) in [5, 5.41) is 7.36. The van der Waals surface area contributed by atoms with Crippen LogP contribution in [-0.2, 0) is 29.6 Å². The maximum absolute atomic E-state index is 12.8. The number of rotatable bonds is 6. The fourth-order valence-corrected chi connectivity index (χ4v) is 3.87. The lowest BCUT2D eigenvalue weighted by Crippen LogP contribution is -2.38. The van der Waals surface area contributed by atoms with Crippen molar-refractivity contribution in [3.05, 3.63) is 17.0 Å². The summed E-state index contributed by atoms with van der Waals surface area (Å²) in [6.07, 6.45) is 3.99. The van der Waals surface area contributed by atoms with Crippen LogP contribution in [0.2, 0.25) is 0 Å². The topological polar surface area (TPSA) is 87.5 Å². The van der Waals surface area contributed by atoms with Crippen LogP contribution >= 0.6 is 0 Å². The van der Waals surface area contributed by atoms with E-state index < -0.39 is 0 Å². The van der Waals surface area contributed by atoms with Gasteiger partial charge < -0.3 is 15.1 Å². The molecule has 1 aromatic rings. The molecule has 8 nitrogen and oxygen atoms in total. The molecule has 1 N–H and O–H groups in total. The summed E-state index contributed by atoms with van der Waals surface area (Å²) in [5.41, 5.74) is 2.37. The Balaban J connectivity index is 1.64. The van der Waals surface area contributed by atoms with Crippen molar-refractivity contribution >= 4 is 17.7 Å². The minimum atomic E-state index is -0.0910. The zero-order valence-electron chi connectivity index (χ0n) is 17.2. The number of amides is 3. The minimum Gasteiger partial charge on any atom is -0.354 e. The molecule has 0 aliphatic carbocycles. The fraction of sp³-hybridized carbons (Fsp3) is 0.700. The molecule has 0 aromatic carbocycles. The number of nitrogens with one attached hydrogen (secondary N) is 1. The van der Waals surface area contributed by atoms with E-state index in [4.69, 9.17) is 0 Å². The monoisotopic (exact) mass is 389 g/mol. The zero-order chi connectivity index (χ0) is 20.3. The number of hydrogen-bond acceptors (Lipinski definition) is 4. The number of aromatic nitrogens is 2. The van der Waals surface area contributed by atoms with Crippen LogP contribution in [-0.4, -0.2) is 63.0 Å². The molecule has 3 amide bonds. The summed E-state index contributed by atoms with van der Waals surface area (Å²) in [6.45, 7) is 6.50. The number of nitrogens with zero attached hydrogens (tertiary/aromatic N) is 4. The van der Waals surface area contributed by atoms with Crippen molar-refractivity contribution in [2.45, 2.75) is 65.0 Å². The van der Waals surface area contributed by atoms with E-state index in [-0.39, 0.29) is 36.6 Å². The predicted octanol–water partition coefficient (Wildman–Crippen LogP) is 1.24. The SMILES string of the molecule is CC[C@H](C)NC(=O)CCC(=O)N1CCc2c(c(C(=O)N3CCCC3)nn2C)C1. The lowest BCUT2D eigenvalue weighted by molar-refractivity contribution is -0.134. The molecule has 2 aliphatic rings. The lowest BCUT2D eigenvalue weighted by Gasteiger charge is -2.28. The first kappa shape index (κ1) is 20.4. The third kappa shape index (κ3) is 4.36. The van der Waals surface area contributed by atoms with Gasteiger partial charge in [0.25, 0.3) is 5.91 Å². The Labute approximate surface area is 166 Å². The van der Waals surface area contributed by atoms with Gasteiger partial charge in [0.2, 0.25) is 11.8 Å². The summed E-state index contributed by atoms with van der Waals surface area (Å²) < 4.78 is 1.78. The number of carbonyl (C=O) groups excluding carboxylic acids is 3. The van der Waals surface area contributed by atoms with Crippen molar-refractivity contribution in [3.63, 3.8) is 0 Å². The first-order chi connectivity index (χ1) is 13.4. The van der Waals surface area contributed by atoms with Crippen LogP contribution in [0.1, 0.15) is 67.7 Å². The maximum Gasteiger partial charge on any atom is 0.274 e. The first-order valence-corrected chi connectivity index (χ1v) is 10.3. The Morgan fingerprint density at radius 2 is 1.82 bits per heavy atom. The third-order valence-corrected chi connectivity index (χ3v) is 5.78. The van der Waals surface area contributed by atoms with E-state index in [0.29, 0.717) is 25.2 Å². The summed E-state index contributed by atoms with van der Waals surface area (Å²) in [7, 11) is 1.86. The van der Waals surface area contributed by atoms with Crippen LogP contribution in [0, 0.1) is 0 Å². The van der Waals surface area contributed by atoms with Crippen molar-refractivity contribution in [3.8, 4) is 0 Å². The molecular weight excluding hydrogens is 358 g/mol.